The molecule has 0 radical (unpaired) electrons. The van der Waals surface area contributed by atoms with Gasteiger partial charge in [0, 0.05) is 11.3 Å². The number of hydrogen-bond donors (Lipinski definition) is 0. The normalized spacial score (nSPS) is 19.5. The third kappa shape index (κ3) is 1.54. The first-order valence-electron chi connectivity index (χ1n) is 4.34. The van der Waals surface area contributed by atoms with Crippen molar-refractivity contribution >= 4 is 17.1 Å². The van der Waals surface area contributed by atoms with Crippen LogP contribution in [-0.4, -0.2) is 19.0 Å². The molecule has 1 aliphatic rings. The van der Waals surface area contributed by atoms with E-state index in [1.54, 1.807) is 18.3 Å². The van der Waals surface area contributed by atoms with Crippen LogP contribution < -0.4 is 0 Å². The molecule has 0 aliphatic carbocycles. The van der Waals surface area contributed by atoms with E-state index in [9.17, 15) is 4.79 Å². The molecule has 0 amide bonds. The third-order valence-corrected chi connectivity index (χ3v) is 3.50. The molecule has 2 heterocycles. The zero-order valence-electron chi connectivity index (χ0n) is 7.58. The predicted octanol–water partition coefficient (Wildman–Crippen LogP) is 2.00. The van der Waals surface area contributed by atoms with E-state index in [1.807, 2.05) is 6.07 Å². The highest BCUT2D eigenvalue weighted by Gasteiger charge is 2.42. The van der Waals surface area contributed by atoms with Crippen molar-refractivity contribution in [2.45, 2.75) is 18.8 Å². The van der Waals surface area contributed by atoms with Crippen LogP contribution in [0.4, 0.5) is 0 Å². The van der Waals surface area contributed by atoms with Crippen molar-refractivity contribution in [1.29, 1.82) is 0 Å². The Balaban J connectivity index is 2.20. The minimum Gasteiger partial charge on any atom is -0.379 e. The van der Waals surface area contributed by atoms with Crippen LogP contribution in [0, 0.1) is 0 Å². The van der Waals surface area contributed by atoms with E-state index in [2.05, 4.69) is 11.4 Å². The lowest BCUT2D eigenvalue weighted by molar-refractivity contribution is -0.125. The number of carbonyl (C=O) groups excluding carboxylic acids is 1. The molecule has 2 nitrogen and oxygen atoms in total. The van der Waals surface area contributed by atoms with Crippen molar-refractivity contribution in [3.05, 3.63) is 22.4 Å². The van der Waals surface area contributed by atoms with Gasteiger partial charge in [0.2, 0.25) is 0 Å². The highest BCUT2D eigenvalue weighted by atomic mass is 32.1. The van der Waals surface area contributed by atoms with Crippen LogP contribution in [0.15, 0.2) is 17.5 Å². The summed E-state index contributed by atoms with van der Waals surface area (Å²) in [6.07, 6.45) is 0.619. The SMILES string of the molecule is CC(=O)CC1(c2cccs2)COC1. The van der Waals surface area contributed by atoms with Crippen LogP contribution in [0.1, 0.15) is 18.2 Å². The summed E-state index contributed by atoms with van der Waals surface area (Å²) in [5, 5.41) is 2.05. The molecule has 1 saturated heterocycles. The Hall–Kier alpha value is -0.670. The van der Waals surface area contributed by atoms with Crippen LogP contribution in [0.3, 0.4) is 0 Å². The van der Waals surface area contributed by atoms with Gasteiger partial charge in [0.05, 0.1) is 18.6 Å². The molecule has 1 aromatic rings. The summed E-state index contributed by atoms with van der Waals surface area (Å²) in [7, 11) is 0. The lowest BCUT2D eigenvalue weighted by Gasteiger charge is -2.40. The quantitative estimate of drug-likeness (QED) is 0.739. The van der Waals surface area contributed by atoms with Crippen molar-refractivity contribution < 1.29 is 9.53 Å². The molecule has 0 aromatic carbocycles. The maximum atomic E-state index is 11.1. The molecule has 3 heteroatoms. The zero-order valence-corrected chi connectivity index (χ0v) is 8.39. The predicted molar refractivity (Wildman–Crippen MR) is 52.1 cm³/mol. The molecule has 0 unspecified atom stereocenters. The average Bonchev–Trinajstić information content (AvgIpc) is 2.48. The summed E-state index contributed by atoms with van der Waals surface area (Å²) >= 11 is 1.72. The fraction of sp³-hybridized carbons (Fsp3) is 0.500. The molecule has 70 valence electrons. The molecular formula is C10H12O2S. The maximum Gasteiger partial charge on any atom is 0.130 e. The van der Waals surface area contributed by atoms with Gasteiger partial charge in [0.1, 0.15) is 5.78 Å². The zero-order chi connectivity index (χ0) is 9.31. The maximum absolute atomic E-state index is 11.1. The highest BCUT2D eigenvalue weighted by Crippen LogP contribution is 2.38. The molecule has 0 spiro atoms. The van der Waals surface area contributed by atoms with E-state index in [4.69, 9.17) is 4.74 Å². The lowest BCUT2D eigenvalue weighted by Crippen LogP contribution is -2.47. The van der Waals surface area contributed by atoms with E-state index in [0.29, 0.717) is 19.6 Å². The average molecular weight is 196 g/mol. The molecule has 1 fully saturated rings. The molecule has 0 bridgehead atoms. The number of hydrogen-bond acceptors (Lipinski definition) is 3. The van der Waals surface area contributed by atoms with Crippen LogP contribution in [-0.2, 0) is 14.9 Å². The van der Waals surface area contributed by atoms with Crippen LogP contribution >= 0.6 is 11.3 Å². The Kier molecular flexibility index (Phi) is 2.22. The number of Topliss-reactive ketones (excluding diaryl/α,β-unsaturated/α-hetero) is 1. The Bertz CT molecular complexity index is 299. The fourth-order valence-corrected chi connectivity index (χ4v) is 2.64. The lowest BCUT2D eigenvalue weighted by atomic mass is 9.80. The molecule has 2 rings (SSSR count). The van der Waals surface area contributed by atoms with Gasteiger partial charge in [-0.25, -0.2) is 0 Å². The van der Waals surface area contributed by atoms with Crippen molar-refractivity contribution in [1.82, 2.24) is 0 Å². The van der Waals surface area contributed by atoms with Gasteiger partial charge in [-0.3, -0.25) is 4.79 Å². The van der Waals surface area contributed by atoms with Gasteiger partial charge in [-0.1, -0.05) is 6.07 Å². The van der Waals surface area contributed by atoms with Gasteiger partial charge >= 0.3 is 0 Å². The van der Waals surface area contributed by atoms with E-state index >= 15 is 0 Å². The minimum atomic E-state index is 0.0139. The Morgan fingerprint density at radius 1 is 1.69 bits per heavy atom. The van der Waals surface area contributed by atoms with Crippen LogP contribution in [0.2, 0.25) is 0 Å². The van der Waals surface area contributed by atoms with Gasteiger partial charge in [0.25, 0.3) is 0 Å². The number of thiophene rings is 1. The van der Waals surface area contributed by atoms with Crippen molar-refractivity contribution in [3.8, 4) is 0 Å². The van der Waals surface area contributed by atoms with E-state index in [0.717, 1.165) is 0 Å². The topological polar surface area (TPSA) is 26.3 Å². The molecule has 1 aliphatic heterocycles. The van der Waals surface area contributed by atoms with Gasteiger partial charge in [0.15, 0.2) is 0 Å². The van der Waals surface area contributed by atoms with Crippen LogP contribution in [0.25, 0.3) is 0 Å². The van der Waals surface area contributed by atoms with E-state index < -0.39 is 0 Å². The first-order valence-corrected chi connectivity index (χ1v) is 5.22. The molecule has 0 saturated carbocycles. The Labute approximate surface area is 81.5 Å². The largest absolute Gasteiger partial charge is 0.379 e. The second kappa shape index (κ2) is 3.24. The van der Waals surface area contributed by atoms with E-state index in [-0.39, 0.29) is 11.2 Å². The van der Waals surface area contributed by atoms with Crippen molar-refractivity contribution in [2.24, 2.45) is 0 Å². The Morgan fingerprint density at radius 2 is 2.46 bits per heavy atom. The molecule has 0 N–H and O–H groups in total. The van der Waals surface area contributed by atoms with Crippen LogP contribution in [0.5, 0.6) is 0 Å². The number of rotatable bonds is 3. The number of ether oxygens (including phenoxy) is 1. The Morgan fingerprint density at radius 3 is 2.85 bits per heavy atom. The van der Waals surface area contributed by atoms with Gasteiger partial charge in [-0.05, 0) is 18.4 Å². The molecule has 0 atom stereocenters. The van der Waals surface area contributed by atoms with Crippen molar-refractivity contribution in [3.63, 3.8) is 0 Å². The van der Waals surface area contributed by atoms with Crippen molar-refractivity contribution in [2.75, 3.05) is 13.2 Å². The second-order valence-electron chi connectivity index (χ2n) is 3.63. The summed E-state index contributed by atoms with van der Waals surface area (Å²) in [4.78, 5) is 12.4. The molecule has 1 aromatic heterocycles. The summed E-state index contributed by atoms with van der Waals surface area (Å²) in [5.41, 5.74) is 0.0139. The first kappa shape index (κ1) is 8.91. The summed E-state index contributed by atoms with van der Waals surface area (Å²) < 4.78 is 5.22. The molecular weight excluding hydrogens is 184 g/mol. The third-order valence-electron chi connectivity index (χ3n) is 2.39. The van der Waals surface area contributed by atoms with Gasteiger partial charge in [-0.2, -0.15) is 0 Å². The number of ketones is 1. The second-order valence-corrected chi connectivity index (χ2v) is 4.58. The molecule has 13 heavy (non-hydrogen) atoms. The fourth-order valence-electron chi connectivity index (χ4n) is 1.74. The minimum absolute atomic E-state index is 0.0139. The number of carbonyl (C=O) groups is 1. The summed E-state index contributed by atoms with van der Waals surface area (Å²) in [6, 6.07) is 4.12. The highest BCUT2D eigenvalue weighted by molar-refractivity contribution is 7.10. The standard InChI is InChI=1S/C10H12O2S/c1-8(11)5-10(6-12-7-10)9-3-2-4-13-9/h2-4H,5-7H2,1H3. The van der Waals surface area contributed by atoms with E-state index in [1.165, 1.54) is 4.88 Å². The van der Waals surface area contributed by atoms with Gasteiger partial charge < -0.3 is 4.74 Å². The van der Waals surface area contributed by atoms with Gasteiger partial charge in [-0.15, -0.1) is 11.3 Å². The summed E-state index contributed by atoms with van der Waals surface area (Å²) in [5.74, 6) is 0.247. The summed E-state index contributed by atoms with van der Waals surface area (Å²) in [6.45, 7) is 3.05. The smallest absolute Gasteiger partial charge is 0.130 e. The monoisotopic (exact) mass is 196 g/mol. The first-order chi connectivity index (χ1) is 6.23.